The molecule has 6 heteroatoms. The van der Waals surface area contributed by atoms with E-state index in [1.54, 1.807) is 7.11 Å². The van der Waals surface area contributed by atoms with Gasteiger partial charge in [0.05, 0.1) is 0 Å². The molecule has 1 saturated heterocycles. The summed E-state index contributed by atoms with van der Waals surface area (Å²) in [7, 11) is 1.68. The number of carboxylic acid groups (broad SMARTS) is 1. The fraction of sp³-hybridized carbons (Fsp3) is 0.846. The monoisotopic (exact) mass is 270 g/mol. The maximum atomic E-state index is 12.0. The van der Waals surface area contributed by atoms with Crippen molar-refractivity contribution in [2.75, 3.05) is 26.8 Å². The molecule has 1 heterocycles. The van der Waals surface area contributed by atoms with Crippen molar-refractivity contribution in [3.8, 4) is 0 Å². The van der Waals surface area contributed by atoms with Crippen molar-refractivity contribution < 1.29 is 19.4 Å². The van der Waals surface area contributed by atoms with Gasteiger partial charge in [-0.25, -0.2) is 9.59 Å². The third kappa shape index (κ3) is 3.37. The highest BCUT2D eigenvalue weighted by Gasteiger charge is 2.43. The zero-order chi connectivity index (χ0) is 13.9. The summed E-state index contributed by atoms with van der Waals surface area (Å²) in [6.45, 7) is 1.86. The lowest BCUT2D eigenvalue weighted by Crippen LogP contribution is -2.47. The molecule has 1 aliphatic heterocycles. The second kappa shape index (κ2) is 5.77. The standard InChI is InChI=1S/C13H22N2O4/c1-19-8-6-13(4-5-13)9-14-12(18)15-7-2-3-10(15)11(16)17/h10H,2-9H2,1H3,(H,14,18)(H,16,17). The molecule has 2 rings (SSSR count). The number of carbonyl (C=O) groups is 2. The van der Waals surface area contributed by atoms with E-state index >= 15 is 0 Å². The lowest BCUT2D eigenvalue weighted by molar-refractivity contribution is -0.141. The van der Waals surface area contributed by atoms with E-state index in [1.165, 1.54) is 4.90 Å². The first-order valence-electron chi connectivity index (χ1n) is 6.84. The van der Waals surface area contributed by atoms with Gasteiger partial charge in [0.15, 0.2) is 0 Å². The van der Waals surface area contributed by atoms with Crippen LogP contribution in [-0.2, 0) is 9.53 Å². The van der Waals surface area contributed by atoms with Crippen LogP contribution >= 0.6 is 0 Å². The van der Waals surface area contributed by atoms with Crippen LogP contribution in [0.2, 0.25) is 0 Å². The smallest absolute Gasteiger partial charge is 0.326 e. The van der Waals surface area contributed by atoms with Crippen molar-refractivity contribution in [1.29, 1.82) is 0 Å². The molecule has 2 amide bonds. The number of urea groups is 1. The second-order valence-electron chi connectivity index (χ2n) is 5.59. The number of ether oxygens (including phenoxy) is 1. The molecule has 0 aromatic carbocycles. The van der Waals surface area contributed by atoms with Crippen LogP contribution in [-0.4, -0.2) is 54.9 Å². The first-order valence-corrected chi connectivity index (χ1v) is 6.84. The molecule has 1 unspecified atom stereocenters. The number of methoxy groups -OCH3 is 1. The molecule has 0 spiro atoms. The molecule has 1 atom stereocenters. The molecule has 2 fully saturated rings. The van der Waals surface area contributed by atoms with Crippen LogP contribution < -0.4 is 5.32 Å². The first-order chi connectivity index (χ1) is 9.08. The lowest BCUT2D eigenvalue weighted by atomic mass is 10.0. The van der Waals surface area contributed by atoms with Crippen molar-refractivity contribution in [3.63, 3.8) is 0 Å². The number of carboxylic acids is 1. The van der Waals surface area contributed by atoms with Crippen LogP contribution in [0, 0.1) is 5.41 Å². The molecular weight excluding hydrogens is 248 g/mol. The summed E-state index contributed by atoms with van der Waals surface area (Å²) >= 11 is 0. The van der Waals surface area contributed by atoms with E-state index in [0.717, 1.165) is 25.7 Å². The van der Waals surface area contributed by atoms with Crippen LogP contribution in [0.3, 0.4) is 0 Å². The molecule has 0 radical (unpaired) electrons. The van der Waals surface area contributed by atoms with E-state index in [0.29, 0.717) is 26.1 Å². The van der Waals surface area contributed by atoms with Crippen LogP contribution in [0.5, 0.6) is 0 Å². The number of nitrogens with zero attached hydrogens (tertiary/aromatic N) is 1. The molecular formula is C13H22N2O4. The summed E-state index contributed by atoms with van der Waals surface area (Å²) in [5, 5.41) is 11.9. The molecule has 1 saturated carbocycles. The maximum absolute atomic E-state index is 12.0. The van der Waals surface area contributed by atoms with E-state index < -0.39 is 12.0 Å². The Labute approximate surface area is 113 Å². The topological polar surface area (TPSA) is 78.9 Å². The minimum Gasteiger partial charge on any atom is -0.480 e. The predicted molar refractivity (Wildman–Crippen MR) is 68.9 cm³/mol. The number of carbonyl (C=O) groups excluding carboxylic acids is 1. The minimum absolute atomic E-state index is 0.185. The summed E-state index contributed by atoms with van der Waals surface area (Å²) < 4.78 is 5.07. The minimum atomic E-state index is -0.909. The number of hydrogen-bond donors (Lipinski definition) is 2. The fourth-order valence-electron chi connectivity index (χ4n) is 2.64. The molecule has 19 heavy (non-hydrogen) atoms. The van der Waals surface area contributed by atoms with E-state index in [-0.39, 0.29) is 11.4 Å². The Hall–Kier alpha value is -1.30. The lowest BCUT2D eigenvalue weighted by Gasteiger charge is -2.23. The summed E-state index contributed by atoms with van der Waals surface area (Å²) in [5.74, 6) is -0.909. The van der Waals surface area contributed by atoms with Crippen LogP contribution in [0.4, 0.5) is 4.79 Å². The van der Waals surface area contributed by atoms with Gasteiger partial charge in [0.1, 0.15) is 6.04 Å². The van der Waals surface area contributed by atoms with Gasteiger partial charge in [-0.05, 0) is 37.5 Å². The largest absolute Gasteiger partial charge is 0.480 e. The molecule has 108 valence electrons. The van der Waals surface area contributed by atoms with Gasteiger partial charge in [-0.3, -0.25) is 0 Å². The Morgan fingerprint density at radius 1 is 1.47 bits per heavy atom. The molecule has 6 nitrogen and oxygen atoms in total. The second-order valence-corrected chi connectivity index (χ2v) is 5.59. The highest BCUT2D eigenvalue weighted by molar-refractivity contribution is 5.83. The van der Waals surface area contributed by atoms with E-state index in [9.17, 15) is 9.59 Å². The molecule has 0 aromatic rings. The highest BCUT2D eigenvalue weighted by atomic mass is 16.5. The molecule has 2 aliphatic rings. The van der Waals surface area contributed by atoms with Gasteiger partial charge in [-0.15, -0.1) is 0 Å². The summed E-state index contributed by atoms with van der Waals surface area (Å²) in [6, 6.07) is -0.900. The number of amides is 2. The average Bonchev–Trinajstić information content (AvgIpc) is 2.97. The van der Waals surface area contributed by atoms with Gasteiger partial charge < -0.3 is 20.1 Å². The average molecular weight is 270 g/mol. The van der Waals surface area contributed by atoms with Crippen molar-refractivity contribution in [2.24, 2.45) is 5.41 Å². The normalized spacial score (nSPS) is 24.3. The van der Waals surface area contributed by atoms with Gasteiger partial charge >= 0.3 is 12.0 Å². The Kier molecular flexibility index (Phi) is 4.29. The zero-order valence-electron chi connectivity index (χ0n) is 11.4. The number of nitrogens with one attached hydrogen (secondary N) is 1. The Bertz CT molecular complexity index is 355. The SMILES string of the molecule is COCCC1(CNC(=O)N2CCCC2C(=O)O)CC1. The third-order valence-corrected chi connectivity index (χ3v) is 4.21. The maximum Gasteiger partial charge on any atom is 0.326 e. The highest BCUT2D eigenvalue weighted by Crippen LogP contribution is 2.48. The summed E-state index contributed by atoms with van der Waals surface area (Å²) in [4.78, 5) is 24.5. The van der Waals surface area contributed by atoms with E-state index in [1.807, 2.05) is 0 Å². The number of aliphatic carboxylic acids is 1. The molecule has 0 aromatic heterocycles. The summed E-state index contributed by atoms with van der Waals surface area (Å²) in [6.07, 6.45) is 4.49. The fourth-order valence-corrected chi connectivity index (χ4v) is 2.64. The van der Waals surface area contributed by atoms with Gasteiger partial charge in [0.25, 0.3) is 0 Å². The van der Waals surface area contributed by atoms with Crippen LogP contribution in [0.15, 0.2) is 0 Å². The summed E-state index contributed by atoms with van der Waals surface area (Å²) in [5.41, 5.74) is 0.185. The van der Waals surface area contributed by atoms with Crippen molar-refractivity contribution in [2.45, 2.75) is 38.1 Å². The van der Waals surface area contributed by atoms with Crippen LogP contribution in [0.1, 0.15) is 32.1 Å². The van der Waals surface area contributed by atoms with Crippen molar-refractivity contribution >= 4 is 12.0 Å². The Balaban J connectivity index is 1.80. The molecule has 2 N–H and O–H groups in total. The number of hydrogen-bond acceptors (Lipinski definition) is 3. The molecule has 1 aliphatic carbocycles. The van der Waals surface area contributed by atoms with E-state index in [2.05, 4.69) is 5.32 Å². The van der Waals surface area contributed by atoms with Gasteiger partial charge in [-0.1, -0.05) is 0 Å². The Morgan fingerprint density at radius 3 is 2.79 bits per heavy atom. The zero-order valence-corrected chi connectivity index (χ0v) is 11.4. The third-order valence-electron chi connectivity index (χ3n) is 4.21. The van der Waals surface area contributed by atoms with Crippen molar-refractivity contribution in [3.05, 3.63) is 0 Å². The Morgan fingerprint density at radius 2 is 2.21 bits per heavy atom. The van der Waals surface area contributed by atoms with Crippen molar-refractivity contribution in [1.82, 2.24) is 10.2 Å². The van der Waals surface area contributed by atoms with Gasteiger partial charge in [0, 0.05) is 26.8 Å². The van der Waals surface area contributed by atoms with Gasteiger partial charge in [0.2, 0.25) is 0 Å². The van der Waals surface area contributed by atoms with E-state index in [4.69, 9.17) is 9.84 Å². The predicted octanol–water partition coefficient (Wildman–Crippen LogP) is 1.06. The molecule has 0 bridgehead atoms. The van der Waals surface area contributed by atoms with Gasteiger partial charge in [-0.2, -0.15) is 0 Å². The number of likely N-dealkylation sites (tertiary alicyclic amines) is 1. The quantitative estimate of drug-likeness (QED) is 0.756. The number of rotatable bonds is 6. The first kappa shape index (κ1) is 14.1. The van der Waals surface area contributed by atoms with Crippen LogP contribution in [0.25, 0.3) is 0 Å².